The molecule has 188 valence electrons. The number of carbonyl (C=O) groups is 2. The minimum Gasteiger partial charge on any atom is -0.381 e. The molecule has 2 fully saturated rings. The molecule has 2 aromatic rings. The number of hydrogen-bond donors (Lipinski definition) is 5. The van der Waals surface area contributed by atoms with Gasteiger partial charge in [0.15, 0.2) is 14.6 Å². The monoisotopic (exact) mass is 500 g/mol. The Morgan fingerprint density at radius 2 is 1.63 bits per heavy atom. The Labute approximate surface area is 205 Å². The van der Waals surface area contributed by atoms with E-state index in [-0.39, 0.29) is 29.1 Å². The van der Waals surface area contributed by atoms with Crippen LogP contribution in [0.1, 0.15) is 48.0 Å². The minimum absolute atomic E-state index is 0.0626. The lowest BCUT2D eigenvalue weighted by Gasteiger charge is -2.36. The zero-order valence-corrected chi connectivity index (χ0v) is 20.6. The maximum absolute atomic E-state index is 13.7. The van der Waals surface area contributed by atoms with Crippen LogP contribution in [0.5, 0.6) is 0 Å². The molecule has 10 heteroatoms. The van der Waals surface area contributed by atoms with Gasteiger partial charge in [-0.05, 0) is 92.6 Å². The van der Waals surface area contributed by atoms with Gasteiger partial charge in [-0.2, -0.15) is 0 Å². The van der Waals surface area contributed by atoms with Crippen molar-refractivity contribution in [3.05, 3.63) is 59.7 Å². The molecule has 2 aliphatic rings. The average molecular weight is 501 g/mol. The topological polar surface area (TPSA) is 137 Å². The number of hydroxylamine groups is 1. The highest BCUT2D eigenvalue weighted by Crippen LogP contribution is 2.54. The third-order valence-corrected chi connectivity index (χ3v) is 9.97. The second-order valence-electron chi connectivity index (χ2n) is 9.52. The molecule has 0 aromatic heterocycles. The highest BCUT2D eigenvalue weighted by atomic mass is 32.2. The van der Waals surface area contributed by atoms with E-state index < -0.39 is 20.5 Å². The first kappa shape index (κ1) is 25.2. The summed E-state index contributed by atoms with van der Waals surface area (Å²) < 4.78 is 25.8. The van der Waals surface area contributed by atoms with Gasteiger partial charge in [0.2, 0.25) is 0 Å². The van der Waals surface area contributed by atoms with Crippen LogP contribution in [0.4, 0.5) is 5.69 Å². The molecular weight excluding hydrogens is 468 g/mol. The van der Waals surface area contributed by atoms with Crippen molar-refractivity contribution in [3.63, 3.8) is 0 Å². The zero-order valence-electron chi connectivity index (χ0n) is 19.8. The molecule has 0 bridgehead atoms. The predicted octanol–water partition coefficient (Wildman–Crippen LogP) is 2.23. The van der Waals surface area contributed by atoms with Gasteiger partial charge in [-0.3, -0.25) is 14.8 Å². The van der Waals surface area contributed by atoms with Crippen LogP contribution in [-0.2, 0) is 21.2 Å². The lowest BCUT2D eigenvalue weighted by molar-refractivity contribution is -0.132. The maximum Gasteiger partial charge on any atom is 0.265 e. The van der Waals surface area contributed by atoms with E-state index in [0.29, 0.717) is 18.5 Å². The van der Waals surface area contributed by atoms with Gasteiger partial charge in [0.05, 0.1) is 4.90 Å². The van der Waals surface area contributed by atoms with Crippen LogP contribution in [0, 0.1) is 5.41 Å². The molecule has 1 atom stereocenters. The fraction of sp³-hybridized carbons (Fsp3) is 0.440. The van der Waals surface area contributed by atoms with E-state index in [4.69, 9.17) is 0 Å². The van der Waals surface area contributed by atoms with E-state index in [2.05, 4.69) is 16.0 Å². The van der Waals surface area contributed by atoms with E-state index in [1.807, 2.05) is 12.1 Å². The number of benzene rings is 2. The van der Waals surface area contributed by atoms with Gasteiger partial charge in [0.1, 0.15) is 0 Å². The van der Waals surface area contributed by atoms with Gasteiger partial charge in [0.25, 0.3) is 11.8 Å². The van der Waals surface area contributed by atoms with Crippen molar-refractivity contribution < 1.29 is 23.2 Å². The van der Waals surface area contributed by atoms with Crippen LogP contribution >= 0.6 is 0 Å². The highest BCUT2D eigenvalue weighted by Gasteiger charge is 2.60. The minimum atomic E-state index is -4.04. The van der Waals surface area contributed by atoms with E-state index in [1.165, 1.54) is 12.1 Å². The second-order valence-corrected chi connectivity index (χ2v) is 11.8. The Balaban J connectivity index is 1.50. The molecule has 9 nitrogen and oxygen atoms in total. The number of amides is 2. The van der Waals surface area contributed by atoms with Crippen molar-refractivity contribution in [2.24, 2.45) is 5.41 Å². The van der Waals surface area contributed by atoms with Gasteiger partial charge in [-0.1, -0.05) is 12.1 Å². The first-order valence-electron chi connectivity index (χ1n) is 11.8. The van der Waals surface area contributed by atoms with Crippen LogP contribution in [0.2, 0.25) is 0 Å². The third kappa shape index (κ3) is 4.78. The summed E-state index contributed by atoms with van der Waals surface area (Å²) in [4.78, 5) is 24.5. The Morgan fingerprint density at radius 3 is 2.23 bits per heavy atom. The molecule has 1 unspecified atom stereocenters. The van der Waals surface area contributed by atoms with E-state index in [9.17, 15) is 23.2 Å². The largest absolute Gasteiger partial charge is 0.381 e. The zero-order chi connectivity index (χ0) is 25.1. The molecular formula is C25H32N4O5S. The van der Waals surface area contributed by atoms with Crippen LogP contribution < -0.4 is 21.4 Å². The highest BCUT2D eigenvalue weighted by molar-refractivity contribution is 7.93. The SMILES string of the molecule is CNC(=O)c1ccc(CNc2ccc(S(=O)(=O)C3(C(=O)NO)CCC4(CCNCC4)C3)cc2)cc1. The molecule has 1 heterocycles. The molecule has 1 saturated heterocycles. The quantitative estimate of drug-likeness (QED) is 0.290. The van der Waals surface area contributed by atoms with Crippen molar-refractivity contribution >= 4 is 27.3 Å². The summed E-state index contributed by atoms with van der Waals surface area (Å²) in [6.45, 7) is 2.09. The molecule has 0 radical (unpaired) electrons. The fourth-order valence-corrected chi connectivity index (χ4v) is 7.48. The van der Waals surface area contributed by atoms with Crippen molar-refractivity contribution in [2.45, 2.75) is 48.3 Å². The van der Waals surface area contributed by atoms with Gasteiger partial charge in [0, 0.05) is 24.8 Å². The van der Waals surface area contributed by atoms with Gasteiger partial charge < -0.3 is 16.0 Å². The molecule has 1 spiro atoms. The Kier molecular flexibility index (Phi) is 7.16. The Morgan fingerprint density at radius 1 is 0.971 bits per heavy atom. The normalized spacial score (nSPS) is 21.4. The summed E-state index contributed by atoms with van der Waals surface area (Å²) in [5.74, 6) is -1.00. The first-order valence-corrected chi connectivity index (χ1v) is 13.3. The summed E-state index contributed by atoms with van der Waals surface area (Å²) in [6.07, 6.45) is 2.67. The van der Waals surface area contributed by atoms with Crippen LogP contribution in [-0.4, -0.2) is 50.3 Å². The summed E-state index contributed by atoms with van der Waals surface area (Å²) in [6, 6.07) is 13.5. The maximum atomic E-state index is 13.7. The number of carbonyl (C=O) groups excluding carboxylic acids is 2. The van der Waals surface area contributed by atoms with E-state index >= 15 is 0 Å². The summed E-state index contributed by atoms with van der Waals surface area (Å²) in [5, 5.41) is 18.5. The number of nitrogens with one attached hydrogen (secondary N) is 4. The van der Waals surface area contributed by atoms with Crippen LogP contribution in [0.25, 0.3) is 0 Å². The number of hydrogen-bond acceptors (Lipinski definition) is 7. The summed E-state index contributed by atoms with van der Waals surface area (Å²) >= 11 is 0. The number of sulfone groups is 1. The molecule has 2 aromatic carbocycles. The van der Waals surface area contributed by atoms with Crippen LogP contribution in [0.15, 0.2) is 53.4 Å². The molecule has 1 aliphatic carbocycles. The molecule has 2 amide bonds. The van der Waals surface area contributed by atoms with Crippen molar-refractivity contribution in [2.75, 3.05) is 25.5 Å². The van der Waals surface area contributed by atoms with Gasteiger partial charge in [-0.25, -0.2) is 13.9 Å². The standard InChI is InChI=1S/C25H32N4O5S/c1-26-22(30)19-4-2-18(3-5-19)16-28-20-6-8-21(9-7-20)35(33,34)25(23(31)29-32)11-10-24(17-25)12-14-27-15-13-24/h2-9,27-28,32H,10-17H2,1H3,(H,26,30)(H,29,31). The van der Waals surface area contributed by atoms with Crippen molar-refractivity contribution in [1.82, 2.24) is 16.1 Å². The summed E-state index contributed by atoms with van der Waals surface area (Å²) in [7, 11) is -2.46. The van der Waals surface area contributed by atoms with Gasteiger partial charge >= 0.3 is 0 Å². The molecule has 4 rings (SSSR count). The number of piperidine rings is 1. The van der Waals surface area contributed by atoms with E-state index in [0.717, 1.165) is 37.2 Å². The van der Waals surface area contributed by atoms with E-state index in [1.54, 1.807) is 36.8 Å². The molecule has 35 heavy (non-hydrogen) atoms. The Bertz CT molecular complexity index is 1180. The fourth-order valence-electron chi connectivity index (χ4n) is 5.38. The predicted molar refractivity (Wildman–Crippen MR) is 132 cm³/mol. The number of rotatable bonds is 7. The lowest BCUT2D eigenvalue weighted by Crippen LogP contribution is -2.51. The lowest BCUT2D eigenvalue weighted by atomic mass is 9.77. The first-order chi connectivity index (χ1) is 16.7. The second kappa shape index (κ2) is 9.96. The third-order valence-electron chi connectivity index (χ3n) is 7.52. The van der Waals surface area contributed by atoms with Gasteiger partial charge in [-0.15, -0.1) is 0 Å². The molecule has 5 N–H and O–H groups in total. The number of anilines is 1. The smallest absolute Gasteiger partial charge is 0.265 e. The van der Waals surface area contributed by atoms with Crippen molar-refractivity contribution in [1.29, 1.82) is 0 Å². The average Bonchev–Trinajstić information content (AvgIpc) is 3.27. The molecule has 1 aliphatic heterocycles. The van der Waals surface area contributed by atoms with Crippen molar-refractivity contribution in [3.8, 4) is 0 Å². The summed E-state index contributed by atoms with van der Waals surface area (Å²) in [5.41, 5.74) is 3.69. The van der Waals surface area contributed by atoms with Crippen LogP contribution in [0.3, 0.4) is 0 Å². The Hall–Kier alpha value is -2.95. The molecule has 1 saturated carbocycles.